The summed E-state index contributed by atoms with van der Waals surface area (Å²) in [5.41, 5.74) is -0.614. The first kappa shape index (κ1) is 21.2. The molecule has 0 aliphatic carbocycles. The fourth-order valence-electron chi connectivity index (χ4n) is 2.24. The number of fused-ring (bicyclic) bond motifs is 1. The van der Waals surface area contributed by atoms with Crippen molar-refractivity contribution in [3.8, 4) is 11.5 Å². The first-order chi connectivity index (χ1) is 12.3. The van der Waals surface area contributed by atoms with Crippen molar-refractivity contribution in [1.82, 2.24) is 0 Å². The number of rotatable bonds is 3. The number of carbonyl (C=O) groups is 2. The molecule has 0 unspecified atom stereocenters. The second-order valence-corrected chi connectivity index (χ2v) is 8.95. The second kappa shape index (κ2) is 7.47. The molecule has 0 saturated carbocycles. The Morgan fingerprint density at radius 3 is 1.89 bits per heavy atom. The van der Waals surface area contributed by atoms with E-state index in [2.05, 4.69) is 0 Å². The molecule has 0 fully saturated rings. The third kappa shape index (κ3) is 4.78. The van der Waals surface area contributed by atoms with E-state index in [-0.39, 0.29) is 11.5 Å². The van der Waals surface area contributed by atoms with Gasteiger partial charge in [0.05, 0.1) is 27.3 Å². The normalized spacial score (nSPS) is 12.1. The van der Waals surface area contributed by atoms with Gasteiger partial charge in [-0.2, -0.15) is 4.57 Å². The summed E-state index contributed by atoms with van der Waals surface area (Å²) in [5.74, 6) is -0.467. The molecule has 0 spiro atoms. The number of benzene rings is 1. The van der Waals surface area contributed by atoms with Crippen molar-refractivity contribution in [2.75, 3.05) is 0 Å². The van der Waals surface area contributed by atoms with Gasteiger partial charge in [-0.15, -0.1) is 0 Å². The molecule has 6 heteroatoms. The first-order valence-corrected chi connectivity index (χ1v) is 9.32. The van der Waals surface area contributed by atoms with Crippen LogP contribution >= 0.6 is 11.6 Å². The van der Waals surface area contributed by atoms with Crippen LogP contribution in [0.15, 0.2) is 24.4 Å². The number of aromatic nitrogens is 1. The Morgan fingerprint density at radius 1 is 0.963 bits per heavy atom. The van der Waals surface area contributed by atoms with Crippen LogP contribution in [0.3, 0.4) is 0 Å². The number of ether oxygens (including phenoxy) is 2. The van der Waals surface area contributed by atoms with E-state index in [0.29, 0.717) is 17.0 Å². The molecule has 0 amide bonds. The van der Waals surface area contributed by atoms with Crippen molar-refractivity contribution < 1.29 is 23.6 Å². The minimum absolute atomic E-state index is 0.177. The molecule has 0 aliphatic heterocycles. The standard InChI is InChI=1S/C21H27ClNO4/c1-8-23-10-9-14(22)13-11-16(26-18(24)20(2,3)4)17(12-15(13)23)27-19(25)21(5,6)7/h9-12H,8H2,1-7H3/q+1. The second-order valence-electron chi connectivity index (χ2n) is 8.54. The summed E-state index contributed by atoms with van der Waals surface area (Å²) in [6.45, 7) is 13.3. The molecule has 27 heavy (non-hydrogen) atoms. The van der Waals surface area contributed by atoms with Crippen LogP contribution in [0.5, 0.6) is 11.5 Å². The molecule has 0 saturated heterocycles. The van der Waals surface area contributed by atoms with Crippen molar-refractivity contribution in [3.63, 3.8) is 0 Å². The monoisotopic (exact) mass is 392 g/mol. The van der Waals surface area contributed by atoms with Crippen LogP contribution in [0.1, 0.15) is 48.5 Å². The highest BCUT2D eigenvalue weighted by Crippen LogP contribution is 2.36. The molecule has 146 valence electrons. The van der Waals surface area contributed by atoms with Gasteiger partial charge in [-0.05, 0) is 48.5 Å². The van der Waals surface area contributed by atoms with Gasteiger partial charge in [0, 0.05) is 12.1 Å². The molecule has 5 nitrogen and oxygen atoms in total. The average molecular weight is 393 g/mol. The maximum absolute atomic E-state index is 12.4. The van der Waals surface area contributed by atoms with Crippen LogP contribution in [0.4, 0.5) is 0 Å². The summed E-state index contributed by atoms with van der Waals surface area (Å²) >= 11 is 6.35. The summed E-state index contributed by atoms with van der Waals surface area (Å²) in [5, 5.41) is 1.24. The Labute approximate surface area is 165 Å². The lowest BCUT2D eigenvalue weighted by Gasteiger charge is -2.20. The van der Waals surface area contributed by atoms with Crippen LogP contribution in [0.25, 0.3) is 10.9 Å². The zero-order valence-corrected chi connectivity index (χ0v) is 17.7. The molecule has 2 rings (SSSR count). The average Bonchev–Trinajstić information content (AvgIpc) is 2.54. The Kier molecular flexibility index (Phi) is 5.85. The van der Waals surface area contributed by atoms with Crippen molar-refractivity contribution in [3.05, 3.63) is 29.4 Å². The van der Waals surface area contributed by atoms with Gasteiger partial charge in [-0.3, -0.25) is 9.59 Å². The molecule has 1 aromatic carbocycles. The molecule has 0 N–H and O–H groups in total. The van der Waals surface area contributed by atoms with Gasteiger partial charge in [0.15, 0.2) is 17.7 Å². The Morgan fingerprint density at radius 2 is 1.44 bits per heavy atom. The van der Waals surface area contributed by atoms with Crippen LogP contribution in [0, 0.1) is 10.8 Å². The van der Waals surface area contributed by atoms with Gasteiger partial charge in [0.25, 0.3) is 0 Å². The van der Waals surface area contributed by atoms with E-state index in [1.807, 2.05) is 17.7 Å². The lowest BCUT2D eigenvalue weighted by Crippen LogP contribution is -2.33. The quantitative estimate of drug-likeness (QED) is 0.431. The summed E-state index contributed by atoms with van der Waals surface area (Å²) < 4.78 is 13.2. The number of pyridine rings is 1. The summed E-state index contributed by atoms with van der Waals surface area (Å²) in [6, 6.07) is 5.13. The topological polar surface area (TPSA) is 56.5 Å². The lowest BCUT2D eigenvalue weighted by molar-refractivity contribution is -0.667. The van der Waals surface area contributed by atoms with E-state index in [0.717, 1.165) is 5.52 Å². The van der Waals surface area contributed by atoms with Gasteiger partial charge >= 0.3 is 11.9 Å². The number of carbonyl (C=O) groups excluding carboxylic acids is 2. The highest BCUT2D eigenvalue weighted by molar-refractivity contribution is 6.35. The molecular formula is C21H27ClNO4+. The molecule has 0 atom stereocenters. The first-order valence-electron chi connectivity index (χ1n) is 8.95. The van der Waals surface area contributed by atoms with Gasteiger partial charge in [0.1, 0.15) is 6.54 Å². The van der Waals surface area contributed by atoms with Crippen LogP contribution < -0.4 is 14.0 Å². The minimum Gasteiger partial charge on any atom is -0.422 e. The number of aryl methyl sites for hydroxylation is 1. The Balaban J connectivity index is 2.65. The zero-order valence-electron chi connectivity index (χ0n) is 17.0. The van der Waals surface area contributed by atoms with E-state index >= 15 is 0 Å². The van der Waals surface area contributed by atoms with Crippen LogP contribution in [0.2, 0.25) is 5.02 Å². The molecule has 0 bridgehead atoms. The molecule has 1 aromatic heterocycles. The highest BCUT2D eigenvalue weighted by atomic mass is 35.5. The fourth-order valence-corrected chi connectivity index (χ4v) is 2.45. The predicted molar refractivity (Wildman–Crippen MR) is 105 cm³/mol. The SMILES string of the molecule is CC[n+]1ccc(Cl)c2cc(OC(=O)C(C)(C)C)c(OC(=O)C(C)(C)C)cc21. The van der Waals surface area contributed by atoms with Crippen LogP contribution in [-0.2, 0) is 16.1 Å². The van der Waals surface area contributed by atoms with Crippen LogP contribution in [-0.4, -0.2) is 11.9 Å². The molecule has 1 heterocycles. The number of halogens is 1. The van der Waals surface area contributed by atoms with Crippen molar-refractivity contribution in [1.29, 1.82) is 0 Å². The van der Waals surface area contributed by atoms with E-state index < -0.39 is 22.8 Å². The van der Waals surface area contributed by atoms with Crippen molar-refractivity contribution >= 4 is 34.4 Å². The predicted octanol–water partition coefficient (Wildman–Crippen LogP) is 4.70. The molecule has 0 radical (unpaired) electrons. The van der Waals surface area contributed by atoms with Crippen molar-refractivity contribution in [2.24, 2.45) is 10.8 Å². The van der Waals surface area contributed by atoms with Gasteiger partial charge in [0.2, 0.25) is 5.52 Å². The maximum Gasteiger partial charge on any atom is 0.316 e. The summed E-state index contributed by atoms with van der Waals surface area (Å²) in [6.07, 6.45) is 1.86. The summed E-state index contributed by atoms with van der Waals surface area (Å²) in [7, 11) is 0. The Bertz CT molecular complexity index is 892. The number of nitrogens with zero attached hydrogens (tertiary/aromatic N) is 1. The maximum atomic E-state index is 12.4. The number of esters is 2. The molecular weight excluding hydrogens is 366 g/mol. The molecule has 0 aliphatic rings. The third-order valence-corrected chi connectivity index (χ3v) is 4.33. The summed E-state index contributed by atoms with van der Waals surface area (Å²) in [4.78, 5) is 24.8. The van der Waals surface area contributed by atoms with E-state index in [9.17, 15) is 9.59 Å². The fraction of sp³-hybridized carbons (Fsp3) is 0.476. The minimum atomic E-state index is -0.704. The van der Waals surface area contributed by atoms with E-state index in [1.54, 1.807) is 59.7 Å². The Hall–Kier alpha value is -2.14. The lowest BCUT2D eigenvalue weighted by atomic mass is 9.97. The van der Waals surface area contributed by atoms with Gasteiger partial charge in [-0.25, -0.2) is 0 Å². The van der Waals surface area contributed by atoms with Gasteiger partial charge in [-0.1, -0.05) is 11.6 Å². The smallest absolute Gasteiger partial charge is 0.316 e. The highest BCUT2D eigenvalue weighted by Gasteiger charge is 2.29. The number of hydrogen-bond acceptors (Lipinski definition) is 4. The van der Waals surface area contributed by atoms with Gasteiger partial charge < -0.3 is 9.47 Å². The molecule has 2 aromatic rings. The third-order valence-electron chi connectivity index (χ3n) is 4.00. The van der Waals surface area contributed by atoms with Crippen molar-refractivity contribution in [2.45, 2.75) is 55.0 Å². The van der Waals surface area contributed by atoms with E-state index in [4.69, 9.17) is 21.1 Å². The largest absolute Gasteiger partial charge is 0.422 e. The zero-order chi connectivity index (χ0) is 20.6. The number of hydrogen-bond donors (Lipinski definition) is 0. The van der Waals surface area contributed by atoms with E-state index in [1.165, 1.54) is 0 Å².